The van der Waals surface area contributed by atoms with Gasteiger partial charge in [-0.1, -0.05) is 33.3 Å². The maximum absolute atomic E-state index is 4.20. The zero-order valence-electron chi connectivity index (χ0n) is 8.59. The van der Waals surface area contributed by atoms with Crippen LogP contribution in [0.15, 0.2) is 18.3 Å². The summed E-state index contributed by atoms with van der Waals surface area (Å²) in [6.45, 7) is 8.19. The lowest BCUT2D eigenvalue weighted by atomic mass is 10.2. The van der Waals surface area contributed by atoms with E-state index in [1.165, 1.54) is 12.0 Å². The van der Waals surface area contributed by atoms with Gasteiger partial charge in [0.2, 0.25) is 0 Å². The van der Waals surface area contributed by atoms with E-state index in [1.807, 2.05) is 27.0 Å². The van der Waals surface area contributed by atoms with E-state index in [4.69, 9.17) is 0 Å². The Morgan fingerprint density at radius 2 is 1.92 bits per heavy atom. The van der Waals surface area contributed by atoms with E-state index in [0.29, 0.717) is 0 Å². The van der Waals surface area contributed by atoms with E-state index < -0.39 is 0 Å². The quantitative estimate of drug-likeness (QED) is 0.654. The molecule has 12 heavy (non-hydrogen) atoms. The van der Waals surface area contributed by atoms with Gasteiger partial charge in [-0.05, 0) is 25.0 Å². The van der Waals surface area contributed by atoms with Crippen molar-refractivity contribution in [2.45, 2.75) is 40.5 Å². The van der Waals surface area contributed by atoms with Crippen molar-refractivity contribution >= 4 is 0 Å². The SMILES string of the molecule is CC.CCCc1ccc(C)nc1. The highest BCUT2D eigenvalue weighted by Gasteiger charge is 1.89. The zero-order valence-corrected chi connectivity index (χ0v) is 8.59. The van der Waals surface area contributed by atoms with Gasteiger partial charge < -0.3 is 0 Å². The number of nitrogens with zero attached hydrogens (tertiary/aromatic N) is 1. The first-order valence-electron chi connectivity index (χ1n) is 4.74. The third kappa shape index (κ3) is 4.12. The van der Waals surface area contributed by atoms with E-state index in [-0.39, 0.29) is 0 Å². The standard InChI is InChI=1S/C9H13N.C2H6/c1-3-4-9-6-5-8(2)10-7-9;1-2/h5-7H,3-4H2,1-2H3;1-2H3. The molecule has 0 aliphatic heterocycles. The lowest BCUT2D eigenvalue weighted by Gasteiger charge is -1.96. The smallest absolute Gasteiger partial charge is 0.0372 e. The van der Waals surface area contributed by atoms with Crippen LogP contribution in [0.3, 0.4) is 0 Å². The Morgan fingerprint density at radius 1 is 1.25 bits per heavy atom. The second-order valence-corrected chi connectivity index (χ2v) is 2.56. The summed E-state index contributed by atoms with van der Waals surface area (Å²) in [4.78, 5) is 4.20. The summed E-state index contributed by atoms with van der Waals surface area (Å²) in [5.74, 6) is 0. The molecule has 0 unspecified atom stereocenters. The molecule has 0 radical (unpaired) electrons. The fraction of sp³-hybridized carbons (Fsp3) is 0.545. The van der Waals surface area contributed by atoms with Crippen molar-refractivity contribution in [2.24, 2.45) is 0 Å². The van der Waals surface area contributed by atoms with Crippen molar-refractivity contribution in [2.75, 3.05) is 0 Å². The number of pyridine rings is 1. The monoisotopic (exact) mass is 165 g/mol. The summed E-state index contributed by atoms with van der Waals surface area (Å²) in [6.07, 6.45) is 4.30. The van der Waals surface area contributed by atoms with Crippen LogP contribution in [0.25, 0.3) is 0 Å². The first-order chi connectivity index (χ1) is 5.83. The first kappa shape index (κ1) is 11.2. The van der Waals surface area contributed by atoms with Crippen LogP contribution in [-0.4, -0.2) is 4.98 Å². The third-order valence-corrected chi connectivity index (χ3v) is 1.51. The average molecular weight is 165 g/mol. The summed E-state index contributed by atoms with van der Waals surface area (Å²) < 4.78 is 0. The van der Waals surface area contributed by atoms with Gasteiger partial charge in [-0.3, -0.25) is 4.98 Å². The van der Waals surface area contributed by atoms with Gasteiger partial charge in [-0.15, -0.1) is 0 Å². The minimum absolute atomic E-state index is 1.10. The van der Waals surface area contributed by atoms with Crippen molar-refractivity contribution in [3.05, 3.63) is 29.6 Å². The lowest BCUT2D eigenvalue weighted by molar-refractivity contribution is 0.910. The fourth-order valence-corrected chi connectivity index (χ4v) is 0.935. The second kappa shape index (κ2) is 6.84. The molecule has 1 nitrogen and oxygen atoms in total. The topological polar surface area (TPSA) is 12.9 Å². The van der Waals surface area contributed by atoms with E-state index in [2.05, 4.69) is 24.0 Å². The predicted octanol–water partition coefficient (Wildman–Crippen LogP) is 3.37. The molecule has 0 saturated heterocycles. The Morgan fingerprint density at radius 3 is 2.33 bits per heavy atom. The van der Waals surface area contributed by atoms with E-state index in [0.717, 1.165) is 12.1 Å². The van der Waals surface area contributed by atoms with Crippen LogP contribution in [0.5, 0.6) is 0 Å². The highest BCUT2D eigenvalue weighted by atomic mass is 14.6. The third-order valence-electron chi connectivity index (χ3n) is 1.51. The minimum Gasteiger partial charge on any atom is -0.261 e. The van der Waals surface area contributed by atoms with Crippen LogP contribution in [0, 0.1) is 6.92 Å². The normalized spacial score (nSPS) is 8.67. The van der Waals surface area contributed by atoms with Crippen LogP contribution in [-0.2, 0) is 6.42 Å². The lowest BCUT2D eigenvalue weighted by Crippen LogP contribution is -1.85. The molecule has 0 aliphatic carbocycles. The first-order valence-corrected chi connectivity index (χ1v) is 4.74. The molecule has 1 aromatic rings. The van der Waals surface area contributed by atoms with Crippen LogP contribution >= 0.6 is 0 Å². The molecular weight excluding hydrogens is 146 g/mol. The molecule has 1 heterocycles. The molecule has 0 saturated carbocycles. The van der Waals surface area contributed by atoms with Gasteiger partial charge in [0.25, 0.3) is 0 Å². The largest absolute Gasteiger partial charge is 0.261 e. The Bertz CT molecular complexity index is 189. The fourth-order valence-electron chi connectivity index (χ4n) is 0.935. The Kier molecular flexibility index (Phi) is 6.35. The number of aromatic nitrogens is 1. The van der Waals surface area contributed by atoms with Gasteiger partial charge in [0.15, 0.2) is 0 Å². The van der Waals surface area contributed by atoms with Crippen molar-refractivity contribution in [3.8, 4) is 0 Å². The molecule has 0 aromatic carbocycles. The van der Waals surface area contributed by atoms with Crippen LogP contribution in [0.1, 0.15) is 38.4 Å². The Balaban J connectivity index is 0.000000561. The van der Waals surface area contributed by atoms with Crippen LogP contribution < -0.4 is 0 Å². The van der Waals surface area contributed by atoms with Gasteiger partial charge in [-0.25, -0.2) is 0 Å². The number of aryl methyl sites for hydroxylation is 2. The molecule has 0 bridgehead atoms. The van der Waals surface area contributed by atoms with E-state index >= 15 is 0 Å². The van der Waals surface area contributed by atoms with Gasteiger partial charge in [0.1, 0.15) is 0 Å². The van der Waals surface area contributed by atoms with Crippen molar-refractivity contribution < 1.29 is 0 Å². The molecule has 0 spiro atoms. The van der Waals surface area contributed by atoms with Gasteiger partial charge >= 0.3 is 0 Å². The average Bonchev–Trinajstić information content (AvgIpc) is 2.13. The molecular formula is C11H19N. The molecule has 0 fully saturated rings. The van der Waals surface area contributed by atoms with Crippen molar-refractivity contribution in [1.82, 2.24) is 4.98 Å². The molecule has 1 rings (SSSR count). The zero-order chi connectivity index (χ0) is 9.40. The van der Waals surface area contributed by atoms with Gasteiger partial charge in [0.05, 0.1) is 0 Å². The predicted molar refractivity (Wildman–Crippen MR) is 54.3 cm³/mol. The number of hydrogen-bond donors (Lipinski definition) is 0. The van der Waals surface area contributed by atoms with Crippen molar-refractivity contribution in [1.29, 1.82) is 0 Å². The Hall–Kier alpha value is -0.850. The highest BCUT2D eigenvalue weighted by Crippen LogP contribution is 2.01. The maximum atomic E-state index is 4.20. The molecule has 0 atom stereocenters. The van der Waals surface area contributed by atoms with Crippen molar-refractivity contribution in [3.63, 3.8) is 0 Å². The van der Waals surface area contributed by atoms with E-state index in [9.17, 15) is 0 Å². The summed E-state index contributed by atoms with van der Waals surface area (Å²) in [5, 5.41) is 0. The molecule has 1 heteroatoms. The summed E-state index contributed by atoms with van der Waals surface area (Å²) in [7, 11) is 0. The maximum Gasteiger partial charge on any atom is 0.0372 e. The highest BCUT2D eigenvalue weighted by molar-refractivity contribution is 5.12. The summed E-state index contributed by atoms with van der Waals surface area (Å²) in [6, 6.07) is 4.21. The minimum atomic E-state index is 1.10. The number of hydrogen-bond acceptors (Lipinski definition) is 1. The number of rotatable bonds is 2. The van der Waals surface area contributed by atoms with Crippen LogP contribution in [0.2, 0.25) is 0 Å². The molecule has 68 valence electrons. The molecule has 1 aromatic heterocycles. The summed E-state index contributed by atoms with van der Waals surface area (Å²) >= 11 is 0. The molecule has 0 aliphatic rings. The molecule has 0 N–H and O–H groups in total. The molecule has 0 amide bonds. The van der Waals surface area contributed by atoms with Gasteiger partial charge in [-0.2, -0.15) is 0 Å². The second-order valence-electron chi connectivity index (χ2n) is 2.56. The van der Waals surface area contributed by atoms with Gasteiger partial charge in [0, 0.05) is 11.9 Å². The van der Waals surface area contributed by atoms with Crippen LogP contribution in [0.4, 0.5) is 0 Å². The summed E-state index contributed by atoms with van der Waals surface area (Å²) in [5.41, 5.74) is 2.44. The van der Waals surface area contributed by atoms with E-state index in [1.54, 1.807) is 0 Å². The Labute approximate surface area is 75.8 Å².